The van der Waals surface area contributed by atoms with Crippen molar-refractivity contribution in [1.29, 1.82) is 0 Å². The highest BCUT2D eigenvalue weighted by molar-refractivity contribution is 5.42. The van der Waals surface area contributed by atoms with Gasteiger partial charge >= 0.3 is 0 Å². The predicted octanol–water partition coefficient (Wildman–Crippen LogP) is 2.85. The van der Waals surface area contributed by atoms with Crippen LogP contribution in [0.2, 0.25) is 0 Å². The zero-order valence-electron chi connectivity index (χ0n) is 16.4. The second-order valence-electron chi connectivity index (χ2n) is 8.28. The lowest BCUT2D eigenvalue weighted by atomic mass is 9.94. The van der Waals surface area contributed by atoms with Crippen LogP contribution in [0.4, 0.5) is 0 Å². The number of rotatable bonds is 5. The zero-order valence-corrected chi connectivity index (χ0v) is 16.4. The van der Waals surface area contributed by atoms with Crippen molar-refractivity contribution >= 4 is 0 Å². The maximum absolute atomic E-state index is 9.39. The van der Waals surface area contributed by atoms with E-state index < -0.39 is 0 Å². The van der Waals surface area contributed by atoms with E-state index >= 15 is 0 Å². The monoisotopic (exact) mass is 368 g/mol. The van der Waals surface area contributed by atoms with Crippen LogP contribution >= 0.6 is 0 Å². The smallest absolute Gasteiger partial charge is 0.0690 e. The van der Waals surface area contributed by atoms with E-state index in [1.54, 1.807) is 0 Å². The summed E-state index contributed by atoms with van der Waals surface area (Å²) >= 11 is 0. The molecule has 2 saturated heterocycles. The van der Waals surface area contributed by atoms with E-state index in [0.717, 1.165) is 39.0 Å². The zero-order chi connectivity index (χ0) is 18.6. The van der Waals surface area contributed by atoms with E-state index in [0.29, 0.717) is 18.6 Å². The van der Waals surface area contributed by atoms with Crippen molar-refractivity contribution in [2.45, 2.75) is 45.2 Å². The molecular weight excluding hydrogens is 336 g/mol. The molecule has 2 aromatic rings. The van der Waals surface area contributed by atoms with Crippen LogP contribution in [0.3, 0.4) is 0 Å². The molecule has 0 bridgehead atoms. The molecule has 1 aromatic carbocycles. The summed E-state index contributed by atoms with van der Waals surface area (Å²) in [5.74, 6) is 0.518. The molecule has 1 aromatic heterocycles. The van der Waals surface area contributed by atoms with Crippen LogP contribution in [0.1, 0.15) is 36.8 Å². The van der Waals surface area contributed by atoms with Gasteiger partial charge in [0.05, 0.1) is 5.69 Å². The van der Waals surface area contributed by atoms with Crippen molar-refractivity contribution in [1.82, 2.24) is 19.6 Å². The van der Waals surface area contributed by atoms with E-state index in [1.807, 2.05) is 23.1 Å². The second kappa shape index (κ2) is 8.55. The fourth-order valence-corrected chi connectivity index (χ4v) is 4.69. The minimum Gasteiger partial charge on any atom is -0.396 e. The summed E-state index contributed by atoms with van der Waals surface area (Å²) < 4.78 is 1.98. The van der Waals surface area contributed by atoms with Gasteiger partial charge in [0, 0.05) is 38.1 Å². The fraction of sp³-hybridized carbons (Fsp3) is 0.591. The number of likely N-dealkylation sites (tertiary alicyclic amines) is 2. The molecule has 0 unspecified atom stereocenters. The average Bonchev–Trinajstić information content (AvgIpc) is 3.23. The number of aliphatic hydroxyl groups is 1. The van der Waals surface area contributed by atoms with Gasteiger partial charge in [0.2, 0.25) is 0 Å². The molecule has 2 aliphatic heterocycles. The minimum absolute atomic E-state index is 0.355. The normalized spacial score (nSPS) is 23.0. The lowest BCUT2D eigenvalue weighted by Crippen LogP contribution is -2.50. The molecule has 0 radical (unpaired) electrons. The first-order chi connectivity index (χ1) is 13.2. The topological polar surface area (TPSA) is 44.5 Å². The summed E-state index contributed by atoms with van der Waals surface area (Å²) in [4.78, 5) is 5.29. The first-order valence-electron chi connectivity index (χ1n) is 10.4. The Morgan fingerprint density at radius 3 is 2.74 bits per heavy atom. The highest BCUT2D eigenvalue weighted by atomic mass is 16.3. The van der Waals surface area contributed by atoms with Crippen molar-refractivity contribution in [3.63, 3.8) is 0 Å². The molecule has 5 nitrogen and oxygen atoms in total. The van der Waals surface area contributed by atoms with Crippen LogP contribution in [0.15, 0.2) is 36.7 Å². The maximum Gasteiger partial charge on any atom is 0.0690 e. The van der Waals surface area contributed by atoms with Gasteiger partial charge in [-0.2, -0.15) is 5.10 Å². The molecule has 0 amide bonds. The molecule has 0 spiro atoms. The predicted molar refractivity (Wildman–Crippen MR) is 108 cm³/mol. The molecule has 2 fully saturated rings. The summed E-state index contributed by atoms with van der Waals surface area (Å²) in [5, 5.41) is 13.8. The van der Waals surface area contributed by atoms with Crippen LogP contribution in [0.5, 0.6) is 0 Å². The Kier molecular flexibility index (Phi) is 5.91. The minimum atomic E-state index is 0.355. The Morgan fingerprint density at radius 1 is 1.15 bits per heavy atom. The molecule has 0 saturated carbocycles. The molecule has 146 valence electrons. The fourth-order valence-electron chi connectivity index (χ4n) is 4.69. The van der Waals surface area contributed by atoms with E-state index in [1.165, 1.54) is 36.2 Å². The quantitative estimate of drug-likeness (QED) is 0.881. The Hall–Kier alpha value is -1.69. The first kappa shape index (κ1) is 18.7. The Balaban J connectivity index is 1.43. The summed E-state index contributed by atoms with van der Waals surface area (Å²) in [6.45, 7) is 8.13. The largest absolute Gasteiger partial charge is 0.396 e. The number of benzene rings is 1. The standard InChI is InChI=1S/C22H32N4O/c1-18-5-6-22(26-11-3-9-23-26)20(14-18)15-24-10-2-4-21(16-24)25-12-7-19(17-27)8-13-25/h3,5-6,9,11,14,19,21,27H,2,4,7-8,10,12-13,15-17H2,1H3/t21-/m0/s1. The molecule has 5 heteroatoms. The van der Waals surface area contributed by atoms with Gasteiger partial charge in [-0.15, -0.1) is 0 Å². The molecular formula is C22H32N4O. The summed E-state index contributed by atoms with van der Waals surface area (Å²) in [7, 11) is 0. The van der Waals surface area contributed by atoms with Gasteiger partial charge < -0.3 is 5.11 Å². The van der Waals surface area contributed by atoms with Crippen LogP contribution in [-0.4, -0.2) is 63.5 Å². The number of hydrogen-bond acceptors (Lipinski definition) is 4. The molecule has 27 heavy (non-hydrogen) atoms. The average molecular weight is 369 g/mol. The Morgan fingerprint density at radius 2 is 2.00 bits per heavy atom. The summed E-state index contributed by atoms with van der Waals surface area (Å²) in [5.41, 5.74) is 3.86. The molecule has 1 N–H and O–H groups in total. The third-order valence-corrected chi connectivity index (χ3v) is 6.28. The van der Waals surface area contributed by atoms with Crippen LogP contribution < -0.4 is 0 Å². The van der Waals surface area contributed by atoms with Crippen molar-refractivity contribution in [2.24, 2.45) is 5.92 Å². The van der Waals surface area contributed by atoms with Crippen LogP contribution in [0.25, 0.3) is 5.69 Å². The number of piperidine rings is 2. The summed E-state index contributed by atoms with van der Waals surface area (Å²) in [6.07, 6.45) is 8.74. The van der Waals surface area contributed by atoms with Crippen molar-refractivity contribution in [2.75, 3.05) is 32.8 Å². The highest BCUT2D eigenvalue weighted by Crippen LogP contribution is 2.25. The van der Waals surface area contributed by atoms with E-state index in [9.17, 15) is 5.11 Å². The Bertz CT molecular complexity index is 722. The first-order valence-corrected chi connectivity index (χ1v) is 10.4. The van der Waals surface area contributed by atoms with E-state index in [2.05, 4.69) is 40.0 Å². The molecule has 4 rings (SSSR count). The van der Waals surface area contributed by atoms with E-state index in [4.69, 9.17) is 0 Å². The van der Waals surface area contributed by atoms with Gasteiger partial charge in [0.15, 0.2) is 0 Å². The lowest BCUT2D eigenvalue weighted by Gasteiger charge is -2.42. The van der Waals surface area contributed by atoms with Crippen molar-refractivity contribution in [3.8, 4) is 5.69 Å². The SMILES string of the molecule is Cc1ccc(-n2cccn2)c(CN2CCC[C@H](N3CCC(CO)CC3)C2)c1. The lowest BCUT2D eigenvalue weighted by molar-refractivity contribution is 0.0544. The van der Waals surface area contributed by atoms with Gasteiger partial charge in [-0.25, -0.2) is 4.68 Å². The number of hydrogen-bond donors (Lipinski definition) is 1. The van der Waals surface area contributed by atoms with Gasteiger partial charge in [-0.3, -0.25) is 9.80 Å². The van der Waals surface area contributed by atoms with Gasteiger partial charge in [-0.1, -0.05) is 17.7 Å². The number of aliphatic hydroxyl groups excluding tert-OH is 1. The molecule has 0 aliphatic carbocycles. The van der Waals surface area contributed by atoms with Crippen molar-refractivity contribution < 1.29 is 5.11 Å². The number of nitrogens with zero attached hydrogens (tertiary/aromatic N) is 4. The van der Waals surface area contributed by atoms with Gasteiger partial charge in [-0.05, 0) is 75.9 Å². The number of aromatic nitrogens is 2. The van der Waals surface area contributed by atoms with Gasteiger partial charge in [0.1, 0.15) is 0 Å². The van der Waals surface area contributed by atoms with Crippen LogP contribution in [-0.2, 0) is 6.54 Å². The Labute approximate surface area is 162 Å². The molecule has 3 heterocycles. The molecule has 2 aliphatic rings. The van der Waals surface area contributed by atoms with Crippen LogP contribution in [0, 0.1) is 12.8 Å². The third-order valence-electron chi connectivity index (χ3n) is 6.28. The van der Waals surface area contributed by atoms with E-state index in [-0.39, 0.29) is 0 Å². The summed E-state index contributed by atoms with van der Waals surface area (Å²) in [6, 6.07) is 9.32. The second-order valence-corrected chi connectivity index (χ2v) is 8.28. The highest BCUT2D eigenvalue weighted by Gasteiger charge is 2.28. The number of aryl methyl sites for hydroxylation is 1. The third kappa shape index (κ3) is 4.42. The maximum atomic E-state index is 9.39. The van der Waals surface area contributed by atoms with Gasteiger partial charge in [0.25, 0.3) is 0 Å². The molecule has 1 atom stereocenters. The van der Waals surface area contributed by atoms with Crippen molar-refractivity contribution in [3.05, 3.63) is 47.8 Å².